The van der Waals surface area contributed by atoms with Crippen LogP contribution < -0.4 is 33.7 Å². The number of carbonyl (C=O) groups is 8. The first-order chi connectivity index (χ1) is 23.9. The van der Waals surface area contributed by atoms with Crippen LogP contribution in [0.1, 0.15) is 63.0 Å². The number of rotatable bonds is 12. The third-order valence-corrected chi connectivity index (χ3v) is 5.83. The Labute approximate surface area is 291 Å². The molecule has 270 valence electrons. The van der Waals surface area contributed by atoms with E-state index in [1.165, 1.54) is 65.0 Å². The van der Waals surface area contributed by atoms with Crippen LogP contribution >= 0.6 is 0 Å². The fraction of sp³-hybridized carbons (Fsp3) is 0.257. The van der Waals surface area contributed by atoms with Gasteiger partial charge in [-0.25, -0.2) is 4.79 Å². The van der Waals surface area contributed by atoms with E-state index in [1.54, 1.807) is 18.2 Å². The third kappa shape index (κ3) is 15.0. The van der Waals surface area contributed by atoms with Crippen molar-refractivity contribution in [3.05, 3.63) is 71.3 Å². The van der Waals surface area contributed by atoms with E-state index in [9.17, 15) is 38.4 Å². The topological polar surface area (TPSA) is 224 Å². The van der Waals surface area contributed by atoms with Crippen LogP contribution in [0.25, 0.3) is 0 Å². The molecule has 0 unspecified atom stereocenters. The highest BCUT2D eigenvalue weighted by molar-refractivity contribution is 5.89. The molecule has 2 N–H and O–H groups in total. The number of carboxylic acids is 1. The van der Waals surface area contributed by atoms with Crippen LogP contribution in [0.3, 0.4) is 0 Å². The van der Waals surface area contributed by atoms with Gasteiger partial charge < -0.3 is 38.8 Å². The van der Waals surface area contributed by atoms with Gasteiger partial charge in [0.05, 0.1) is 12.0 Å². The largest absolute Gasteiger partial charge is 0.478 e. The SMILES string of the molecule is CC(=O)Oc1ccc(C(=O)O)cc1OC(C)=O.CC(=O)Oc1ccc(CCNC(=O)Cc2ccc(OC(C)=O)c(OC(C)=O)c2)cc1OC(C)=O. The molecule has 0 heterocycles. The second-order valence-electron chi connectivity index (χ2n) is 10.4. The second kappa shape index (κ2) is 19.4. The van der Waals surface area contributed by atoms with E-state index in [1.807, 2.05) is 0 Å². The van der Waals surface area contributed by atoms with E-state index in [-0.39, 0.29) is 58.9 Å². The van der Waals surface area contributed by atoms with Crippen LogP contribution in [0.2, 0.25) is 0 Å². The van der Waals surface area contributed by atoms with Crippen molar-refractivity contribution in [1.82, 2.24) is 5.32 Å². The molecule has 0 saturated heterocycles. The Hall–Kier alpha value is -6.58. The van der Waals surface area contributed by atoms with Crippen molar-refractivity contribution in [3.63, 3.8) is 0 Å². The monoisotopic (exact) mass is 709 g/mol. The summed E-state index contributed by atoms with van der Waals surface area (Å²) in [5, 5.41) is 11.5. The first-order valence-corrected chi connectivity index (χ1v) is 14.9. The summed E-state index contributed by atoms with van der Waals surface area (Å²) in [6.45, 7) is 7.53. The van der Waals surface area contributed by atoms with Crippen LogP contribution in [0, 0.1) is 0 Å². The zero-order valence-corrected chi connectivity index (χ0v) is 28.5. The van der Waals surface area contributed by atoms with Gasteiger partial charge in [-0.2, -0.15) is 0 Å². The van der Waals surface area contributed by atoms with Crippen LogP contribution in [0.15, 0.2) is 54.6 Å². The Bertz CT molecular complexity index is 1830. The van der Waals surface area contributed by atoms with Crippen LogP contribution in [-0.4, -0.2) is 59.3 Å². The molecule has 16 nitrogen and oxygen atoms in total. The summed E-state index contributed by atoms with van der Waals surface area (Å²) in [7, 11) is 0. The van der Waals surface area contributed by atoms with Gasteiger partial charge in [0.25, 0.3) is 0 Å². The van der Waals surface area contributed by atoms with Crippen LogP contribution in [-0.2, 0) is 46.4 Å². The number of benzene rings is 3. The molecule has 0 aliphatic carbocycles. The Balaban J connectivity index is 0.000000444. The molecule has 3 aromatic carbocycles. The molecule has 1 amide bonds. The van der Waals surface area contributed by atoms with Crippen molar-refractivity contribution < 1.29 is 71.9 Å². The van der Waals surface area contributed by atoms with Crippen molar-refractivity contribution in [2.75, 3.05) is 6.54 Å². The van der Waals surface area contributed by atoms with Gasteiger partial charge in [0.15, 0.2) is 34.5 Å². The minimum absolute atomic E-state index is 0.00129. The number of carbonyl (C=O) groups excluding carboxylic acids is 7. The Morgan fingerprint density at radius 2 is 0.843 bits per heavy atom. The molecule has 0 aromatic heterocycles. The number of amides is 1. The predicted octanol–water partition coefficient (Wildman–Crippen LogP) is 3.52. The maximum atomic E-state index is 12.4. The van der Waals surface area contributed by atoms with E-state index in [0.29, 0.717) is 12.0 Å². The van der Waals surface area contributed by atoms with Crippen LogP contribution in [0.4, 0.5) is 0 Å². The summed E-state index contributed by atoms with van der Waals surface area (Å²) in [5.41, 5.74) is 1.22. The smallest absolute Gasteiger partial charge is 0.335 e. The quantitative estimate of drug-likeness (QED) is 0.203. The maximum Gasteiger partial charge on any atom is 0.335 e. The molecule has 3 rings (SSSR count). The summed E-state index contributed by atoms with van der Waals surface area (Å²) in [6, 6.07) is 12.9. The van der Waals surface area contributed by atoms with Gasteiger partial charge in [-0.15, -0.1) is 0 Å². The lowest BCUT2D eigenvalue weighted by molar-refractivity contribution is -0.134. The molecule has 0 aliphatic heterocycles. The fourth-order valence-corrected chi connectivity index (χ4v) is 4.03. The van der Waals surface area contributed by atoms with Gasteiger partial charge in [0, 0.05) is 48.1 Å². The first kappa shape index (κ1) is 40.6. The standard InChI is InChI=1S/C24H25NO9.C11H10O6/c1-14(26)31-20-7-5-18(11-22(20)33-16(3)28)9-10-25-24(30)13-19-6-8-21(32-15(2)27)23(12-19)34-17(4)29;1-6(12)16-9-4-3-8(11(14)15)5-10(9)17-7(2)13/h5-8,11-12H,9-10,13H2,1-4H3,(H,25,30);3-5H,1-2H3,(H,14,15). The van der Waals surface area contributed by atoms with Crippen molar-refractivity contribution >= 4 is 47.7 Å². The lowest BCUT2D eigenvalue weighted by Crippen LogP contribution is -2.27. The van der Waals surface area contributed by atoms with Crippen molar-refractivity contribution in [1.29, 1.82) is 0 Å². The van der Waals surface area contributed by atoms with Gasteiger partial charge in [-0.05, 0) is 60.0 Å². The number of hydrogen-bond donors (Lipinski definition) is 2. The van der Waals surface area contributed by atoms with Gasteiger partial charge in [0.1, 0.15) is 0 Å². The number of hydrogen-bond acceptors (Lipinski definition) is 14. The average Bonchev–Trinajstić information content (AvgIpc) is 2.99. The molecule has 0 fully saturated rings. The molecule has 0 saturated carbocycles. The van der Waals surface area contributed by atoms with Gasteiger partial charge in [-0.1, -0.05) is 12.1 Å². The summed E-state index contributed by atoms with van der Waals surface area (Å²) in [4.78, 5) is 89.8. The Morgan fingerprint density at radius 3 is 1.25 bits per heavy atom. The van der Waals surface area contributed by atoms with E-state index in [2.05, 4.69) is 5.32 Å². The lowest BCUT2D eigenvalue weighted by atomic mass is 10.1. The molecule has 51 heavy (non-hydrogen) atoms. The first-order valence-electron chi connectivity index (χ1n) is 14.9. The third-order valence-electron chi connectivity index (χ3n) is 5.83. The summed E-state index contributed by atoms with van der Waals surface area (Å²) in [5.74, 6) is -4.73. The molecule has 0 atom stereocenters. The minimum atomic E-state index is -1.17. The summed E-state index contributed by atoms with van der Waals surface area (Å²) < 4.78 is 29.7. The van der Waals surface area contributed by atoms with E-state index < -0.39 is 41.8 Å². The van der Waals surface area contributed by atoms with E-state index in [0.717, 1.165) is 18.6 Å². The minimum Gasteiger partial charge on any atom is -0.478 e. The summed E-state index contributed by atoms with van der Waals surface area (Å²) >= 11 is 0. The molecular formula is C35H35NO15. The maximum absolute atomic E-state index is 12.4. The van der Waals surface area contributed by atoms with Crippen LogP contribution in [0.5, 0.6) is 34.5 Å². The predicted molar refractivity (Wildman–Crippen MR) is 175 cm³/mol. The number of carboxylic acid groups (broad SMARTS) is 1. The molecule has 16 heteroatoms. The molecular weight excluding hydrogens is 674 g/mol. The van der Waals surface area contributed by atoms with E-state index in [4.69, 9.17) is 33.5 Å². The number of nitrogens with one attached hydrogen (secondary N) is 1. The Morgan fingerprint density at radius 1 is 0.490 bits per heavy atom. The van der Waals surface area contributed by atoms with Gasteiger partial charge in [-0.3, -0.25) is 33.6 Å². The molecule has 3 aromatic rings. The lowest BCUT2D eigenvalue weighted by Gasteiger charge is -2.12. The van der Waals surface area contributed by atoms with E-state index >= 15 is 0 Å². The van der Waals surface area contributed by atoms with Crippen molar-refractivity contribution in [3.8, 4) is 34.5 Å². The van der Waals surface area contributed by atoms with Gasteiger partial charge in [0.2, 0.25) is 5.91 Å². The highest BCUT2D eigenvalue weighted by Crippen LogP contribution is 2.31. The number of esters is 6. The van der Waals surface area contributed by atoms with Crippen molar-refractivity contribution in [2.45, 2.75) is 54.4 Å². The zero-order valence-electron chi connectivity index (χ0n) is 28.5. The molecule has 0 bridgehead atoms. The Kier molecular flexibility index (Phi) is 15.5. The second-order valence-corrected chi connectivity index (χ2v) is 10.4. The number of aromatic carboxylic acids is 1. The molecule has 0 aliphatic rings. The fourth-order valence-electron chi connectivity index (χ4n) is 4.03. The average molecular weight is 710 g/mol. The molecule has 0 radical (unpaired) electrons. The summed E-state index contributed by atoms with van der Waals surface area (Å²) in [6.07, 6.45) is 0.420. The zero-order chi connectivity index (χ0) is 38.2. The number of ether oxygens (including phenoxy) is 6. The molecule has 0 spiro atoms. The van der Waals surface area contributed by atoms with Gasteiger partial charge >= 0.3 is 41.8 Å². The normalized spacial score (nSPS) is 9.92. The van der Waals surface area contributed by atoms with Crippen molar-refractivity contribution in [2.24, 2.45) is 0 Å². The highest BCUT2D eigenvalue weighted by atomic mass is 16.6. The highest BCUT2D eigenvalue weighted by Gasteiger charge is 2.16.